The van der Waals surface area contributed by atoms with Crippen LogP contribution in [0.3, 0.4) is 0 Å². The van der Waals surface area contributed by atoms with Gasteiger partial charge in [0.1, 0.15) is 0 Å². The van der Waals surface area contributed by atoms with Crippen LogP contribution in [0.2, 0.25) is 0 Å². The summed E-state index contributed by atoms with van der Waals surface area (Å²) in [4.78, 5) is 16.6. The predicted molar refractivity (Wildman–Crippen MR) is 84.3 cm³/mol. The van der Waals surface area contributed by atoms with Crippen molar-refractivity contribution in [2.75, 3.05) is 5.32 Å². The van der Waals surface area contributed by atoms with Crippen molar-refractivity contribution >= 4 is 32.6 Å². The number of rotatable bonds is 3. The zero-order chi connectivity index (χ0) is 14.1. The van der Waals surface area contributed by atoms with Crippen molar-refractivity contribution in [2.45, 2.75) is 46.0 Å². The summed E-state index contributed by atoms with van der Waals surface area (Å²) in [6.45, 7) is 4.16. The number of nitrogens with zero attached hydrogens (tertiary/aromatic N) is 1. The number of benzene rings is 1. The van der Waals surface area contributed by atoms with Gasteiger partial charge in [-0.2, -0.15) is 0 Å². The number of fused-ring (bicyclic) bond motifs is 1. The van der Waals surface area contributed by atoms with E-state index in [0.29, 0.717) is 12.3 Å². The Morgan fingerprint density at radius 1 is 1.35 bits per heavy atom. The highest BCUT2D eigenvalue weighted by Crippen LogP contribution is 2.31. The molecule has 0 atom stereocenters. The summed E-state index contributed by atoms with van der Waals surface area (Å²) in [5.74, 6) is 0.693. The molecule has 3 nitrogen and oxygen atoms in total. The minimum atomic E-state index is 0.116. The van der Waals surface area contributed by atoms with E-state index in [2.05, 4.69) is 36.3 Å². The maximum Gasteiger partial charge on any atom is 0.226 e. The van der Waals surface area contributed by atoms with Crippen LogP contribution < -0.4 is 5.32 Å². The molecule has 0 unspecified atom stereocenters. The quantitative estimate of drug-likeness (QED) is 0.907. The molecule has 1 saturated carbocycles. The second-order valence-electron chi connectivity index (χ2n) is 5.85. The zero-order valence-corrected chi connectivity index (χ0v) is 12.8. The number of thiazole rings is 1. The Bertz CT molecular complexity index is 641. The molecule has 0 radical (unpaired) electrons. The molecule has 1 aliphatic carbocycles. The normalized spacial score (nSPS) is 15.9. The number of hydrogen-bond donors (Lipinski definition) is 1. The minimum Gasteiger partial charge on any atom is -0.302 e. The first-order chi connectivity index (χ1) is 9.61. The zero-order valence-electron chi connectivity index (χ0n) is 12.0. The number of aryl methyl sites for hydroxylation is 2. The number of amides is 1. The standard InChI is InChI=1S/C16H20N2OS/c1-10-7-11(2)15-13(8-10)20-16(18-15)17-14(19)9-12-5-3-4-6-12/h7-8,12H,3-6,9H2,1-2H3,(H,17,18,19). The van der Waals surface area contributed by atoms with E-state index in [0.717, 1.165) is 15.3 Å². The second-order valence-corrected chi connectivity index (χ2v) is 6.88. The van der Waals surface area contributed by atoms with Crippen molar-refractivity contribution < 1.29 is 4.79 Å². The molecule has 3 rings (SSSR count). The summed E-state index contributed by atoms with van der Waals surface area (Å²) in [5.41, 5.74) is 3.42. The Morgan fingerprint density at radius 2 is 2.10 bits per heavy atom. The molecule has 2 aromatic rings. The highest BCUT2D eigenvalue weighted by Gasteiger charge is 2.19. The van der Waals surface area contributed by atoms with Crippen molar-refractivity contribution in [3.8, 4) is 0 Å². The second kappa shape index (κ2) is 5.52. The summed E-state index contributed by atoms with van der Waals surface area (Å²) >= 11 is 1.57. The third kappa shape index (κ3) is 2.85. The van der Waals surface area contributed by atoms with Crippen LogP contribution in [0, 0.1) is 19.8 Å². The average Bonchev–Trinajstić information content (AvgIpc) is 2.98. The van der Waals surface area contributed by atoms with Gasteiger partial charge in [-0.05, 0) is 49.8 Å². The van der Waals surface area contributed by atoms with E-state index in [4.69, 9.17) is 0 Å². The van der Waals surface area contributed by atoms with E-state index in [1.54, 1.807) is 11.3 Å². The summed E-state index contributed by atoms with van der Waals surface area (Å²) < 4.78 is 1.15. The molecule has 1 aromatic heterocycles. The van der Waals surface area contributed by atoms with Crippen LogP contribution in [-0.2, 0) is 4.79 Å². The van der Waals surface area contributed by atoms with Gasteiger partial charge in [0, 0.05) is 6.42 Å². The van der Waals surface area contributed by atoms with Gasteiger partial charge in [0.15, 0.2) is 5.13 Å². The summed E-state index contributed by atoms with van der Waals surface area (Å²) in [5, 5.41) is 3.71. The number of hydrogen-bond acceptors (Lipinski definition) is 3. The first-order valence-electron chi connectivity index (χ1n) is 7.29. The van der Waals surface area contributed by atoms with Gasteiger partial charge in [-0.25, -0.2) is 4.98 Å². The molecule has 4 heteroatoms. The SMILES string of the molecule is Cc1cc(C)c2nc(NC(=O)CC3CCCC3)sc2c1. The molecule has 0 aliphatic heterocycles. The Labute approximate surface area is 123 Å². The van der Waals surface area contributed by atoms with Crippen LogP contribution in [0.5, 0.6) is 0 Å². The first-order valence-corrected chi connectivity index (χ1v) is 8.11. The molecule has 106 valence electrons. The summed E-state index contributed by atoms with van der Waals surface area (Å²) in [6, 6.07) is 4.26. The molecule has 0 saturated heterocycles. The molecular weight excluding hydrogens is 268 g/mol. The Hall–Kier alpha value is -1.42. The van der Waals surface area contributed by atoms with Gasteiger partial charge in [-0.15, -0.1) is 0 Å². The van der Waals surface area contributed by atoms with Crippen molar-refractivity contribution in [2.24, 2.45) is 5.92 Å². The Morgan fingerprint density at radius 3 is 2.85 bits per heavy atom. The maximum absolute atomic E-state index is 12.1. The molecule has 0 spiro atoms. The van der Waals surface area contributed by atoms with Crippen LogP contribution in [0.1, 0.15) is 43.2 Å². The summed E-state index contributed by atoms with van der Waals surface area (Å²) in [7, 11) is 0. The van der Waals surface area contributed by atoms with E-state index in [1.807, 2.05) is 0 Å². The third-order valence-electron chi connectivity index (χ3n) is 4.03. The number of carbonyl (C=O) groups excluding carboxylic acids is 1. The fourth-order valence-corrected chi connectivity index (χ4v) is 4.13. The van der Waals surface area contributed by atoms with E-state index in [-0.39, 0.29) is 5.91 Å². The molecule has 1 N–H and O–H groups in total. The molecule has 1 fully saturated rings. The van der Waals surface area contributed by atoms with Gasteiger partial charge in [0.25, 0.3) is 0 Å². The van der Waals surface area contributed by atoms with Gasteiger partial charge in [-0.1, -0.05) is 30.2 Å². The van der Waals surface area contributed by atoms with E-state index >= 15 is 0 Å². The van der Waals surface area contributed by atoms with E-state index in [1.165, 1.54) is 36.8 Å². The van der Waals surface area contributed by atoms with Crippen molar-refractivity contribution in [1.82, 2.24) is 4.98 Å². The van der Waals surface area contributed by atoms with Crippen molar-refractivity contribution in [3.05, 3.63) is 23.3 Å². The fraction of sp³-hybridized carbons (Fsp3) is 0.500. The van der Waals surface area contributed by atoms with Crippen LogP contribution in [-0.4, -0.2) is 10.9 Å². The molecule has 20 heavy (non-hydrogen) atoms. The van der Waals surface area contributed by atoms with E-state index in [9.17, 15) is 4.79 Å². The maximum atomic E-state index is 12.1. The highest BCUT2D eigenvalue weighted by atomic mass is 32.1. The van der Waals surface area contributed by atoms with Gasteiger partial charge in [0.05, 0.1) is 10.2 Å². The average molecular weight is 288 g/mol. The fourth-order valence-electron chi connectivity index (χ4n) is 3.07. The smallest absolute Gasteiger partial charge is 0.226 e. The largest absolute Gasteiger partial charge is 0.302 e. The lowest BCUT2D eigenvalue weighted by atomic mass is 10.0. The predicted octanol–water partition coefficient (Wildman–Crippen LogP) is 4.43. The summed E-state index contributed by atoms with van der Waals surface area (Å²) in [6.07, 6.45) is 5.60. The van der Waals surface area contributed by atoms with Crippen molar-refractivity contribution in [1.29, 1.82) is 0 Å². The lowest BCUT2D eigenvalue weighted by Gasteiger charge is -2.07. The van der Waals surface area contributed by atoms with Crippen LogP contribution >= 0.6 is 11.3 Å². The van der Waals surface area contributed by atoms with E-state index < -0.39 is 0 Å². The van der Waals surface area contributed by atoms with Gasteiger partial charge in [-0.3, -0.25) is 4.79 Å². The van der Waals surface area contributed by atoms with Gasteiger partial charge >= 0.3 is 0 Å². The monoisotopic (exact) mass is 288 g/mol. The highest BCUT2D eigenvalue weighted by molar-refractivity contribution is 7.22. The Kier molecular flexibility index (Phi) is 3.74. The van der Waals surface area contributed by atoms with Crippen molar-refractivity contribution in [3.63, 3.8) is 0 Å². The molecule has 1 aromatic carbocycles. The molecule has 1 aliphatic rings. The lowest BCUT2D eigenvalue weighted by molar-refractivity contribution is -0.117. The van der Waals surface area contributed by atoms with Gasteiger partial charge < -0.3 is 5.32 Å². The Balaban J connectivity index is 1.73. The van der Waals surface area contributed by atoms with Crippen LogP contribution in [0.25, 0.3) is 10.2 Å². The number of aromatic nitrogens is 1. The lowest BCUT2D eigenvalue weighted by Crippen LogP contribution is -2.14. The molecule has 1 heterocycles. The first kappa shape index (κ1) is 13.6. The topological polar surface area (TPSA) is 42.0 Å². The van der Waals surface area contributed by atoms with Crippen LogP contribution in [0.4, 0.5) is 5.13 Å². The number of nitrogens with one attached hydrogen (secondary N) is 1. The molecule has 0 bridgehead atoms. The minimum absolute atomic E-state index is 0.116. The molecular formula is C16H20N2OS. The third-order valence-corrected chi connectivity index (χ3v) is 4.94. The van der Waals surface area contributed by atoms with Crippen LogP contribution in [0.15, 0.2) is 12.1 Å². The number of carbonyl (C=O) groups is 1. The molecule has 1 amide bonds. The van der Waals surface area contributed by atoms with Gasteiger partial charge in [0.2, 0.25) is 5.91 Å². The number of anilines is 1.